The summed E-state index contributed by atoms with van der Waals surface area (Å²) in [5, 5.41) is 9.44. The van der Waals surface area contributed by atoms with E-state index < -0.39 is 0 Å². The number of aryl methyl sites for hydroxylation is 2. The fraction of sp³-hybridized carbons (Fsp3) is 0.538. The van der Waals surface area contributed by atoms with Crippen molar-refractivity contribution >= 4 is 0 Å². The van der Waals surface area contributed by atoms with E-state index in [1.54, 1.807) is 0 Å². The van der Waals surface area contributed by atoms with Crippen molar-refractivity contribution in [3.63, 3.8) is 0 Å². The molecule has 0 amide bonds. The average molecular weight is 204 g/mol. The normalized spacial score (nSPS) is 27.3. The van der Waals surface area contributed by atoms with Crippen molar-refractivity contribution in [2.45, 2.75) is 31.6 Å². The van der Waals surface area contributed by atoms with Gasteiger partial charge in [0.1, 0.15) is 5.75 Å². The summed E-state index contributed by atoms with van der Waals surface area (Å²) in [4.78, 5) is 0. The van der Waals surface area contributed by atoms with E-state index in [2.05, 4.69) is 19.1 Å². The average Bonchev–Trinajstić information content (AvgIpc) is 2.82. The van der Waals surface area contributed by atoms with Crippen LogP contribution in [0.2, 0.25) is 0 Å². The molecule has 0 bridgehead atoms. The number of aliphatic hydroxyl groups excluding tert-OH is 1. The smallest absolute Gasteiger partial charge is 0.123 e. The molecule has 0 saturated carbocycles. The molecule has 2 aliphatic rings. The number of hydrogen-bond donors (Lipinski definition) is 1. The molecule has 1 aliphatic heterocycles. The fourth-order valence-corrected chi connectivity index (χ4v) is 2.64. The Morgan fingerprint density at radius 3 is 2.80 bits per heavy atom. The molecule has 0 unspecified atom stereocenters. The first kappa shape index (κ1) is 9.22. The predicted molar refractivity (Wildman–Crippen MR) is 58.4 cm³/mol. The molecule has 1 heterocycles. The standard InChI is InChI=1S/C13H16O2/c1-13(7-14)8-15-12-6-10-4-2-3-9(10)5-11(12)13/h5-6,14H,2-4,7-8H2,1H3/t13-/m0/s1. The van der Waals surface area contributed by atoms with Gasteiger partial charge >= 0.3 is 0 Å². The summed E-state index contributed by atoms with van der Waals surface area (Å²) >= 11 is 0. The quantitative estimate of drug-likeness (QED) is 0.756. The second-order valence-corrected chi connectivity index (χ2v) is 4.98. The molecule has 2 heteroatoms. The Morgan fingerprint density at radius 1 is 1.33 bits per heavy atom. The van der Waals surface area contributed by atoms with Gasteiger partial charge in [-0.1, -0.05) is 6.07 Å². The van der Waals surface area contributed by atoms with Crippen LogP contribution in [0.15, 0.2) is 12.1 Å². The molecule has 0 radical (unpaired) electrons. The van der Waals surface area contributed by atoms with Crippen LogP contribution in [0.25, 0.3) is 0 Å². The lowest BCUT2D eigenvalue weighted by Crippen LogP contribution is -2.28. The van der Waals surface area contributed by atoms with Crippen molar-refractivity contribution in [1.29, 1.82) is 0 Å². The summed E-state index contributed by atoms with van der Waals surface area (Å²) < 4.78 is 5.67. The largest absolute Gasteiger partial charge is 0.492 e. The van der Waals surface area contributed by atoms with Crippen molar-refractivity contribution < 1.29 is 9.84 Å². The third-order valence-electron chi connectivity index (χ3n) is 3.74. The van der Waals surface area contributed by atoms with Crippen molar-refractivity contribution in [2.75, 3.05) is 13.2 Å². The first-order valence-corrected chi connectivity index (χ1v) is 5.63. The molecule has 0 saturated heterocycles. The van der Waals surface area contributed by atoms with Gasteiger partial charge in [-0.2, -0.15) is 0 Å². The van der Waals surface area contributed by atoms with Crippen LogP contribution in [0.4, 0.5) is 0 Å². The Kier molecular flexibility index (Phi) is 1.84. The summed E-state index contributed by atoms with van der Waals surface area (Å²) in [5.74, 6) is 0.993. The van der Waals surface area contributed by atoms with Crippen LogP contribution < -0.4 is 4.74 Å². The first-order chi connectivity index (χ1) is 7.23. The number of benzene rings is 1. The van der Waals surface area contributed by atoms with Crippen molar-refractivity contribution in [2.24, 2.45) is 0 Å². The summed E-state index contributed by atoms with van der Waals surface area (Å²) in [7, 11) is 0. The molecule has 1 aliphatic carbocycles. The molecule has 15 heavy (non-hydrogen) atoms. The Labute approximate surface area is 89.9 Å². The van der Waals surface area contributed by atoms with Gasteiger partial charge in [0.05, 0.1) is 18.6 Å². The van der Waals surface area contributed by atoms with E-state index in [0.717, 1.165) is 5.75 Å². The molecule has 0 fully saturated rings. The highest BCUT2D eigenvalue weighted by molar-refractivity contribution is 5.50. The van der Waals surface area contributed by atoms with E-state index in [0.29, 0.717) is 6.61 Å². The van der Waals surface area contributed by atoms with E-state index in [1.807, 2.05) is 0 Å². The second-order valence-electron chi connectivity index (χ2n) is 4.98. The number of hydrogen-bond acceptors (Lipinski definition) is 2. The lowest BCUT2D eigenvalue weighted by molar-refractivity contribution is 0.171. The van der Waals surface area contributed by atoms with E-state index in [-0.39, 0.29) is 12.0 Å². The highest BCUT2D eigenvalue weighted by Crippen LogP contribution is 2.41. The van der Waals surface area contributed by atoms with E-state index >= 15 is 0 Å². The Morgan fingerprint density at radius 2 is 2.07 bits per heavy atom. The SMILES string of the molecule is C[C@]1(CO)COc2cc3c(cc21)CCC3. The number of fused-ring (bicyclic) bond motifs is 2. The van der Waals surface area contributed by atoms with Gasteiger partial charge in [-0.15, -0.1) is 0 Å². The number of aliphatic hydroxyl groups is 1. The van der Waals surface area contributed by atoms with Crippen molar-refractivity contribution in [3.05, 3.63) is 28.8 Å². The van der Waals surface area contributed by atoms with Crippen LogP contribution in [0.1, 0.15) is 30.0 Å². The Hall–Kier alpha value is -1.02. The molecule has 2 nitrogen and oxygen atoms in total. The fourth-order valence-electron chi connectivity index (χ4n) is 2.64. The predicted octanol–water partition coefficient (Wildman–Crippen LogP) is 1.82. The second kappa shape index (κ2) is 2.99. The van der Waals surface area contributed by atoms with Gasteiger partial charge in [0.2, 0.25) is 0 Å². The van der Waals surface area contributed by atoms with Crippen LogP contribution in [0.5, 0.6) is 5.75 Å². The Bertz CT molecular complexity index is 411. The van der Waals surface area contributed by atoms with Gasteiger partial charge in [0, 0.05) is 5.56 Å². The van der Waals surface area contributed by atoms with Gasteiger partial charge in [0.25, 0.3) is 0 Å². The zero-order chi connectivity index (χ0) is 10.5. The monoisotopic (exact) mass is 204 g/mol. The highest BCUT2D eigenvalue weighted by Gasteiger charge is 2.36. The van der Waals surface area contributed by atoms with Crippen molar-refractivity contribution in [3.8, 4) is 5.75 Å². The molecule has 1 aromatic rings. The summed E-state index contributed by atoms with van der Waals surface area (Å²) in [5.41, 5.74) is 3.91. The van der Waals surface area contributed by atoms with E-state index in [4.69, 9.17) is 4.74 Å². The molecular formula is C13H16O2. The maximum Gasteiger partial charge on any atom is 0.123 e. The van der Waals surface area contributed by atoms with Crippen LogP contribution in [-0.4, -0.2) is 18.3 Å². The molecule has 0 spiro atoms. The van der Waals surface area contributed by atoms with Gasteiger partial charge < -0.3 is 9.84 Å². The minimum Gasteiger partial charge on any atom is -0.492 e. The maximum absolute atomic E-state index is 9.44. The van der Waals surface area contributed by atoms with Gasteiger partial charge in [-0.3, -0.25) is 0 Å². The zero-order valence-corrected chi connectivity index (χ0v) is 9.05. The molecule has 0 aromatic heterocycles. The van der Waals surface area contributed by atoms with Crippen LogP contribution in [0, 0.1) is 0 Å². The number of rotatable bonds is 1. The van der Waals surface area contributed by atoms with Crippen LogP contribution in [0.3, 0.4) is 0 Å². The molecule has 80 valence electrons. The molecule has 1 N–H and O–H groups in total. The lowest BCUT2D eigenvalue weighted by atomic mass is 9.84. The van der Waals surface area contributed by atoms with Crippen LogP contribution in [-0.2, 0) is 18.3 Å². The molecular weight excluding hydrogens is 188 g/mol. The summed E-state index contributed by atoms with van der Waals surface area (Å²) in [6.45, 7) is 2.85. The zero-order valence-electron chi connectivity index (χ0n) is 9.05. The summed E-state index contributed by atoms with van der Waals surface area (Å²) in [6.07, 6.45) is 3.63. The third-order valence-corrected chi connectivity index (χ3v) is 3.74. The lowest BCUT2D eigenvalue weighted by Gasteiger charge is -2.19. The minimum absolute atomic E-state index is 0.165. The molecule has 1 aromatic carbocycles. The molecule has 3 rings (SSSR count). The van der Waals surface area contributed by atoms with Gasteiger partial charge in [0.15, 0.2) is 0 Å². The van der Waals surface area contributed by atoms with Gasteiger partial charge in [-0.05, 0) is 43.4 Å². The van der Waals surface area contributed by atoms with Crippen molar-refractivity contribution in [1.82, 2.24) is 0 Å². The number of ether oxygens (including phenoxy) is 1. The first-order valence-electron chi connectivity index (χ1n) is 5.63. The van der Waals surface area contributed by atoms with E-state index in [1.165, 1.54) is 36.0 Å². The van der Waals surface area contributed by atoms with Gasteiger partial charge in [-0.25, -0.2) is 0 Å². The van der Waals surface area contributed by atoms with E-state index in [9.17, 15) is 5.11 Å². The minimum atomic E-state index is -0.188. The van der Waals surface area contributed by atoms with Crippen LogP contribution >= 0.6 is 0 Å². The third kappa shape index (κ3) is 1.21. The highest BCUT2D eigenvalue weighted by atomic mass is 16.5. The summed E-state index contributed by atoms with van der Waals surface area (Å²) in [6, 6.07) is 4.43. The topological polar surface area (TPSA) is 29.5 Å². The Balaban J connectivity index is 2.14. The molecule has 1 atom stereocenters. The maximum atomic E-state index is 9.44.